The summed E-state index contributed by atoms with van der Waals surface area (Å²) in [6.45, 7) is -0.411. The topological polar surface area (TPSA) is 131 Å². The van der Waals surface area contributed by atoms with Gasteiger partial charge in [0, 0.05) is 11.6 Å². The van der Waals surface area contributed by atoms with E-state index in [0.29, 0.717) is 22.2 Å². The highest BCUT2D eigenvalue weighted by Crippen LogP contribution is 2.32. The summed E-state index contributed by atoms with van der Waals surface area (Å²) in [4.78, 5) is 23.6. The maximum atomic E-state index is 13.4. The Morgan fingerprint density at radius 2 is 1.51 bits per heavy atom. The molecule has 4 aromatic rings. The third kappa shape index (κ3) is 6.84. The predicted octanol–water partition coefficient (Wildman–Crippen LogP) is 4.52. The molecule has 0 aliphatic rings. The maximum absolute atomic E-state index is 13.4. The van der Waals surface area contributed by atoms with E-state index in [1.54, 1.807) is 30.3 Å². The number of benzene rings is 4. The SMILES string of the molecule is O=C(CN(c1ccccc1[N+](=O)[O-])S(=O)(=O)c1ccccc1)N/N=C\c1ccccc1OCc1ccccc1. The summed E-state index contributed by atoms with van der Waals surface area (Å²) in [7, 11) is -4.33. The van der Waals surface area contributed by atoms with E-state index in [1.807, 2.05) is 30.3 Å². The van der Waals surface area contributed by atoms with Crippen LogP contribution in [-0.4, -0.2) is 32.0 Å². The zero-order valence-corrected chi connectivity index (χ0v) is 21.4. The number of ether oxygens (including phenoxy) is 1. The first-order valence-electron chi connectivity index (χ1n) is 11.7. The van der Waals surface area contributed by atoms with E-state index in [-0.39, 0.29) is 10.6 Å². The molecule has 0 spiro atoms. The lowest BCUT2D eigenvalue weighted by Crippen LogP contribution is -2.39. The summed E-state index contributed by atoms with van der Waals surface area (Å²) in [5.74, 6) is -0.265. The second-order valence-corrected chi connectivity index (χ2v) is 10.0. The Morgan fingerprint density at radius 3 is 2.23 bits per heavy atom. The van der Waals surface area contributed by atoms with Crippen molar-refractivity contribution in [2.45, 2.75) is 11.5 Å². The average Bonchev–Trinajstić information content (AvgIpc) is 2.96. The quantitative estimate of drug-likeness (QED) is 0.168. The Kier molecular flexibility index (Phi) is 8.64. The second kappa shape index (κ2) is 12.5. The summed E-state index contributed by atoms with van der Waals surface area (Å²) in [6.07, 6.45) is 1.37. The van der Waals surface area contributed by atoms with Crippen molar-refractivity contribution in [2.75, 3.05) is 10.8 Å². The molecule has 10 nitrogen and oxygen atoms in total. The van der Waals surface area contributed by atoms with Crippen molar-refractivity contribution in [1.29, 1.82) is 0 Å². The minimum Gasteiger partial charge on any atom is -0.488 e. The molecule has 0 saturated carbocycles. The van der Waals surface area contributed by atoms with Crippen molar-refractivity contribution < 1.29 is 22.9 Å². The highest BCUT2D eigenvalue weighted by molar-refractivity contribution is 7.92. The van der Waals surface area contributed by atoms with Crippen LogP contribution in [0.2, 0.25) is 0 Å². The number of rotatable bonds is 11. The summed E-state index contributed by atoms with van der Waals surface area (Å²) in [6, 6.07) is 29.4. The number of nitro benzene ring substituents is 1. The number of nitrogens with one attached hydrogen (secondary N) is 1. The first-order chi connectivity index (χ1) is 18.9. The molecular weight excluding hydrogens is 520 g/mol. The molecule has 0 atom stereocenters. The van der Waals surface area contributed by atoms with Crippen LogP contribution >= 0.6 is 0 Å². The van der Waals surface area contributed by atoms with Crippen LogP contribution in [0.3, 0.4) is 0 Å². The molecule has 11 heteroatoms. The van der Waals surface area contributed by atoms with Gasteiger partial charge in [-0.1, -0.05) is 72.8 Å². The van der Waals surface area contributed by atoms with Gasteiger partial charge >= 0.3 is 0 Å². The number of anilines is 1. The third-order valence-electron chi connectivity index (χ3n) is 5.51. The number of sulfonamides is 1. The van der Waals surface area contributed by atoms with Crippen LogP contribution in [0.25, 0.3) is 0 Å². The Balaban J connectivity index is 1.53. The van der Waals surface area contributed by atoms with E-state index in [4.69, 9.17) is 4.74 Å². The Morgan fingerprint density at radius 1 is 0.897 bits per heavy atom. The van der Waals surface area contributed by atoms with Crippen LogP contribution in [-0.2, 0) is 21.4 Å². The number of amides is 1. The maximum Gasteiger partial charge on any atom is 0.293 e. The van der Waals surface area contributed by atoms with Gasteiger partial charge in [0.15, 0.2) is 0 Å². The van der Waals surface area contributed by atoms with E-state index in [1.165, 1.54) is 54.7 Å². The minimum absolute atomic E-state index is 0.121. The molecule has 0 radical (unpaired) electrons. The molecule has 0 aliphatic heterocycles. The number of nitrogens with zero attached hydrogens (tertiary/aromatic N) is 3. The number of hydrogen-bond donors (Lipinski definition) is 1. The van der Waals surface area contributed by atoms with E-state index < -0.39 is 33.1 Å². The van der Waals surface area contributed by atoms with E-state index in [9.17, 15) is 23.3 Å². The lowest BCUT2D eigenvalue weighted by Gasteiger charge is -2.23. The molecule has 0 heterocycles. The summed E-state index contributed by atoms with van der Waals surface area (Å²) >= 11 is 0. The largest absolute Gasteiger partial charge is 0.488 e. The average molecular weight is 545 g/mol. The van der Waals surface area contributed by atoms with Crippen molar-refractivity contribution in [3.8, 4) is 5.75 Å². The fraction of sp³-hybridized carbons (Fsp3) is 0.0714. The van der Waals surface area contributed by atoms with Gasteiger partial charge in [0.2, 0.25) is 0 Å². The summed E-state index contributed by atoms with van der Waals surface area (Å²) in [5.41, 5.74) is 3.16. The lowest BCUT2D eigenvalue weighted by atomic mass is 10.2. The number of para-hydroxylation sites is 3. The number of nitro groups is 1. The fourth-order valence-corrected chi connectivity index (χ4v) is 5.10. The van der Waals surface area contributed by atoms with Gasteiger partial charge in [-0.15, -0.1) is 0 Å². The van der Waals surface area contributed by atoms with Gasteiger partial charge in [-0.2, -0.15) is 5.10 Å². The molecule has 0 aromatic heterocycles. The molecule has 39 heavy (non-hydrogen) atoms. The van der Waals surface area contributed by atoms with Crippen molar-refractivity contribution in [1.82, 2.24) is 5.43 Å². The molecule has 198 valence electrons. The van der Waals surface area contributed by atoms with E-state index >= 15 is 0 Å². The van der Waals surface area contributed by atoms with Crippen molar-refractivity contribution >= 4 is 33.5 Å². The van der Waals surface area contributed by atoms with Gasteiger partial charge in [-0.05, 0) is 35.9 Å². The number of hydrazone groups is 1. The van der Waals surface area contributed by atoms with Crippen molar-refractivity contribution in [3.63, 3.8) is 0 Å². The molecule has 0 fully saturated rings. The normalized spacial score (nSPS) is 11.2. The van der Waals surface area contributed by atoms with Gasteiger partial charge in [-0.3, -0.25) is 14.9 Å². The molecule has 1 amide bonds. The predicted molar refractivity (Wildman–Crippen MR) is 147 cm³/mol. The number of carbonyl (C=O) groups is 1. The first-order valence-corrected chi connectivity index (χ1v) is 13.2. The zero-order valence-electron chi connectivity index (χ0n) is 20.6. The Bertz CT molecular complexity index is 1580. The molecule has 0 saturated heterocycles. The van der Waals surface area contributed by atoms with Gasteiger partial charge in [0.05, 0.1) is 16.0 Å². The minimum atomic E-state index is -4.33. The standard InChI is InChI=1S/C28H24N4O6S/c33-28(30-29-19-23-13-7-10-18-27(23)38-21-22-11-3-1-4-12-22)20-31(25-16-8-9-17-26(25)32(34)35)39(36,37)24-14-5-2-6-15-24/h1-19H,20-21H2,(H,30,33)/b29-19-. The molecule has 0 bridgehead atoms. The molecule has 1 N–H and O–H groups in total. The lowest BCUT2D eigenvalue weighted by molar-refractivity contribution is -0.384. The van der Waals surface area contributed by atoms with Crippen LogP contribution in [0.1, 0.15) is 11.1 Å². The molecular formula is C28H24N4O6S. The highest BCUT2D eigenvalue weighted by atomic mass is 32.2. The second-order valence-electron chi connectivity index (χ2n) is 8.18. The van der Waals surface area contributed by atoms with Crippen molar-refractivity contribution in [3.05, 3.63) is 130 Å². The number of hydrogen-bond acceptors (Lipinski definition) is 7. The van der Waals surface area contributed by atoms with Crippen LogP contribution in [0.15, 0.2) is 119 Å². The van der Waals surface area contributed by atoms with Gasteiger partial charge < -0.3 is 4.74 Å². The van der Waals surface area contributed by atoms with Gasteiger partial charge in [0.1, 0.15) is 24.6 Å². The summed E-state index contributed by atoms with van der Waals surface area (Å²) in [5, 5.41) is 15.6. The number of carbonyl (C=O) groups excluding carboxylic acids is 1. The van der Waals surface area contributed by atoms with E-state index in [0.717, 1.165) is 5.56 Å². The van der Waals surface area contributed by atoms with Crippen LogP contribution in [0.4, 0.5) is 11.4 Å². The Labute approximate surface area is 225 Å². The van der Waals surface area contributed by atoms with Crippen LogP contribution < -0.4 is 14.5 Å². The van der Waals surface area contributed by atoms with E-state index in [2.05, 4.69) is 10.5 Å². The first kappa shape index (κ1) is 27.0. The highest BCUT2D eigenvalue weighted by Gasteiger charge is 2.31. The summed E-state index contributed by atoms with van der Waals surface area (Å²) < 4.78 is 33.5. The molecule has 4 aromatic carbocycles. The fourth-order valence-electron chi connectivity index (χ4n) is 3.64. The van der Waals surface area contributed by atoms with Crippen LogP contribution in [0, 0.1) is 10.1 Å². The molecule has 0 unspecified atom stereocenters. The molecule has 0 aliphatic carbocycles. The van der Waals surface area contributed by atoms with Crippen molar-refractivity contribution in [2.24, 2.45) is 5.10 Å². The van der Waals surface area contributed by atoms with Gasteiger partial charge in [-0.25, -0.2) is 18.1 Å². The molecule has 4 rings (SSSR count). The smallest absolute Gasteiger partial charge is 0.293 e. The van der Waals surface area contributed by atoms with Crippen LogP contribution in [0.5, 0.6) is 5.75 Å². The Hall–Kier alpha value is -5.03. The van der Waals surface area contributed by atoms with Gasteiger partial charge in [0.25, 0.3) is 21.6 Å². The monoisotopic (exact) mass is 544 g/mol. The third-order valence-corrected chi connectivity index (χ3v) is 7.29. The zero-order chi connectivity index (χ0) is 27.7.